The van der Waals surface area contributed by atoms with Gasteiger partial charge in [-0.05, 0) is 71.9 Å². The number of aryl methyl sites for hydroxylation is 2. The van der Waals surface area contributed by atoms with Crippen LogP contribution in [-0.2, 0) is 11.3 Å². The minimum atomic E-state index is -0.285. The van der Waals surface area contributed by atoms with Crippen LogP contribution in [0.25, 0.3) is 16.7 Å². The first-order valence-electron chi connectivity index (χ1n) is 11.5. The number of piperidine rings is 1. The molecule has 1 unspecified atom stereocenters. The monoisotopic (exact) mass is 537 g/mol. The zero-order chi connectivity index (χ0) is 24.5. The lowest BCUT2D eigenvalue weighted by molar-refractivity contribution is -0.125. The second-order valence-electron chi connectivity index (χ2n) is 8.87. The number of amides is 1. The third-order valence-electron chi connectivity index (χ3n) is 6.35. The molecule has 0 bridgehead atoms. The number of rotatable bonds is 5. The summed E-state index contributed by atoms with van der Waals surface area (Å²) >= 11 is 3.45. The molecule has 10 heteroatoms. The summed E-state index contributed by atoms with van der Waals surface area (Å²) in [5.41, 5.74) is 3.62. The molecule has 180 valence electrons. The van der Waals surface area contributed by atoms with Crippen molar-refractivity contribution >= 4 is 38.7 Å². The molecular formula is C25H25BrFN7O. The van der Waals surface area contributed by atoms with E-state index < -0.39 is 0 Å². The lowest BCUT2D eigenvalue weighted by Crippen LogP contribution is -2.43. The number of carbonyl (C=O) groups is 1. The Bertz CT molecular complexity index is 1410. The number of hydrogen-bond acceptors (Lipinski definition) is 6. The van der Waals surface area contributed by atoms with Crippen LogP contribution in [0.1, 0.15) is 29.7 Å². The van der Waals surface area contributed by atoms with E-state index in [9.17, 15) is 9.18 Å². The molecule has 1 atom stereocenters. The number of carbonyl (C=O) groups excluding carboxylic acids is 1. The van der Waals surface area contributed by atoms with Gasteiger partial charge in [0, 0.05) is 30.0 Å². The molecule has 1 fully saturated rings. The Morgan fingerprint density at radius 1 is 1.20 bits per heavy atom. The van der Waals surface area contributed by atoms with E-state index in [4.69, 9.17) is 0 Å². The van der Waals surface area contributed by atoms with E-state index >= 15 is 0 Å². The van der Waals surface area contributed by atoms with Crippen molar-refractivity contribution in [2.75, 3.05) is 18.0 Å². The molecule has 0 saturated carbocycles. The summed E-state index contributed by atoms with van der Waals surface area (Å²) < 4.78 is 16.7. The highest BCUT2D eigenvalue weighted by Gasteiger charge is 2.28. The molecule has 4 aromatic rings. The first-order chi connectivity index (χ1) is 16.9. The Hall–Kier alpha value is -3.40. The third-order valence-corrected chi connectivity index (χ3v) is 7.18. The maximum Gasteiger partial charge on any atom is 0.225 e. The molecule has 1 aliphatic rings. The zero-order valence-electron chi connectivity index (χ0n) is 19.5. The number of nitrogens with one attached hydrogen (secondary N) is 1. The van der Waals surface area contributed by atoms with Gasteiger partial charge in [-0.25, -0.2) is 19.0 Å². The van der Waals surface area contributed by atoms with Crippen molar-refractivity contribution in [3.63, 3.8) is 0 Å². The van der Waals surface area contributed by atoms with Crippen LogP contribution in [0.3, 0.4) is 0 Å². The number of nitrogens with zero attached hydrogens (tertiary/aromatic N) is 6. The van der Waals surface area contributed by atoms with Crippen molar-refractivity contribution in [3.05, 3.63) is 70.1 Å². The molecule has 1 aromatic carbocycles. The van der Waals surface area contributed by atoms with Crippen molar-refractivity contribution in [2.24, 2.45) is 5.92 Å². The van der Waals surface area contributed by atoms with Gasteiger partial charge in [0.2, 0.25) is 5.91 Å². The molecule has 1 aliphatic heterocycles. The molecule has 1 N–H and O–H groups in total. The number of halogens is 2. The van der Waals surface area contributed by atoms with Gasteiger partial charge in [0.05, 0.1) is 29.2 Å². The van der Waals surface area contributed by atoms with Crippen LogP contribution in [0.2, 0.25) is 0 Å². The van der Waals surface area contributed by atoms with Crippen molar-refractivity contribution < 1.29 is 9.18 Å². The Morgan fingerprint density at radius 3 is 2.86 bits per heavy atom. The molecule has 1 saturated heterocycles. The van der Waals surface area contributed by atoms with Crippen LogP contribution in [0.5, 0.6) is 0 Å². The average Bonchev–Trinajstić information content (AvgIpc) is 3.31. The SMILES string of the molecule is Cc1ccc(-n2cc3c(N4CCCC(C(=O)NCc5cc(C)c(Br)cn5)C4)ncnc3n2)cc1F. The molecule has 8 nitrogen and oxygen atoms in total. The molecule has 0 radical (unpaired) electrons. The van der Waals surface area contributed by atoms with Gasteiger partial charge in [-0.2, -0.15) is 0 Å². The topological polar surface area (TPSA) is 88.8 Å². The van der Waals surface area contributed by atoms with Gasteiger partial charge in [-0.1, -0.05) is 6.07 Å². The number of aromatic nitrogens is 5. The van der Waals surface area contributed by atoms with E-state index in [1.165, 1.54) is 12.4 Å². The van der Waals surface area contributed by atoms with Crippen LogP contribution in [0.15, 0.2) is 47.5 Å². The zero-order valence-corrected chi connectivity index (χ0v) is 21.1. The van der Waals surface area contributed by atoms with Crippen LogP contribution in [0, 0.1) is 25.6 Å². The largest absolute Gasteiger partial charge is 0.355 e. The Kier molecular flexibility index (Phi) is 6.46. The Morgan fingerprint density at radius 2 is 2.06 bits per heavy atom. The normalized spacial score (nSPS) is 16.0. The highest BCUT2D eigenvalue weighted by Crippen LogP contribution is 2.28. The summed E-state index contributed by atoms with van der Waals surface area (Å²) in [5.74, 6) is 0.294. The molecule has 3 aromatic heterocycles. The van der Waals surface area contributed by atoms with Gasteiger partial charge in [0.1, 0.15) is 18.0 Å². The number of hydrogen-bond donors (Lipinski definition) is 1. The van der Waals surface area contributed by atoms with Gasteiger partial charge in [-0.3, -0.25) is 9.78 Å². The summed E-state index contributed by atoms with van der Waals surface area (Å²) in [6.07, 6.45) is 6.74. The summed E-state index contributed by atoms with van der Waals surface area (Å²) in [7, 11) is 0. The minimum absolute atomic E-state index is 0.00759. The van der Waals surface area contributed by atoms with Crippen LogP contribution in [-0.4, -0.2) is 43.7 Å². The summed E-state index contributed by atoms with van der Waals surface area (Å²) in [5, 5.41) is 8.32. The predicted octanol–water partition coefficient (Wildman–Crippen LogP) is 4.26. The van der Waals surface area contributed by atoms with Crippen molar-refractivity contribution in [1.82, 2.24) is 30.0 Å². The summed E-state index contributed by atoms with van der Waals surface area (Å²) in [6, 6.07) is 6.97. The molecule has 0 spiro atoms. The molecule has 35 heavy (non-hydrogen) atoms. The highest BCUT2D eigenvalue weighted by atomic mass is 79.9. The van der Waals surface area contributed by atoms with E-state index in [0.717, 1.165) is 46.3 Å². The predicted molar refractivity (Wildman–Crippen MR) is 135 cm³/mol. The first-order valence-corrected chi connectivity index (χ1v) is 12.3. The van der Waals surface area contributed by atoms with Gasteiger partial charge in [-0.15, -0.1) is 5.10 Å². The minimum Gasteiger partial charge on any atom is -0.355 e. The second kappa shape index (κ2) is 9.69. The van der Waals surface area contributed by atoms with Crippen LogP contribution in [0.4, 0.5) is 10.2 Å². The highest BCUT2D eigenvalue weighted by molar-refractivity contribution is 9.10. The van der Waals surface area contributed by atoms with Crippen LogP contribution >= 0.6 is 15.9 Å². The third kappa shape index (κ3) is 4.88. The van der Waals surface area contributed by atoms with Gasteiger partial charge >= 0.3 is 0 Å². The molecule has 0 aliphatic carbocycles. The first kappa shape index (κ1) is 23.3. The van der Waals surface area contributed by atoms with E-state index in [2.05, 4.69) is 46.2 Å². The molecule has 1 amide bonds. The van der Waals surface area contributed by atoms with E-state index in [-0.39, 0.29) is 17.6 Å². The Labute approximate surface area is 210 Å². The van der Waals surface area contributed by atoms with E-state index in [1.807, 2.05) is 25.3 Å². The maximum absolute atomic E-state index is 14.1. The van der Waals surface area contributed by atoms with E-state index in [0.29, 0.717) is 30.0 Å². The number of anilines is 1. The fourth-order valence-corrected chi connectivity index (χ4v) is 4.55. The molecule has 4 heterocycles. The Balaban J connectivity index is 1.33. The number of pyridine rings is 1. The average molecular weight is 538 g/mol. The number of fused-ring (bicyclic) bond motifs is 1. The second-order valence-corrected chi connectivity index (χ2v) is 9.72. The van der Waals surface area contributed by atoms with Gasteiger partial charge in [0.15, 0.2) is 5.65 Å². The van der Waals surface area contributed by atoms with Gasteiger partial charge in [0.25, 0.3) is 0 Å². The molecule has 5 rings (SSSR count). The quantitative estimate of drug-likeness (QED) is 0.409. The number of benzene rings is 1. The maximum atomic E-state index is 14.1. The van der Waals surface area contributed by atoms with E-state index in [1.54, 1.807) is 23.9 Å². The summed E-state index contributed by atoms with van der Waals surface area (Å²) in [6.45, 7) is 5.45. The lowest BCUT2D eigenvalue weighted by atomic mass is 9.97. The van der Waals surface area contributed by atoms with Crippen molar-refractivity contribution in [1.29, 1.82) is 0 Å². The van der Waals surface area contributed by atoms with Gasteiger partial charge < -0.3 is 10.2 Å². The smallest absolute Gasteiger partial charge is 0.225 e. The van der Waals surface area contributed by atoms with Crippen molar-refractivity contribution in [3.8, 4) is 5.69 Å². The fraction of sp³-hybridized carbons (Fsp3) is 0.320. The lowest BCUT2D eigenvalue weighted by Gasteiger charge is -2.33. The van der Waals surface area contributed by atoms with Crippen molar-refractivity contribution in [2.45, 2.75) is 33.2 Å². The molecular weight excluding hydrogens is 513 g/mol. The van der Waals surface area contributed by atoms with Crippen LogP contribution < -0.4 is 10.2 Å². The standard InChI is InChI=1S/C25H25BrFN7O/c1-15-5-6-19(9-22(15)27)34-13-20-23(32-34)30-14-31-24(20)33-7-3-4-17(12-33)25(35)29-10-18-8-16(2)21(26)11-28-18/h5-6,8-9,11,13-14,17H,3-4,7,10,12H2,1-2H3,(H,29,35). The fourth-order valence-electron chi connectivity index (χ4n) is 4.33. The summed E-state index contributed by atoms with van der Waals surface area (Å²) in [4.78, 5) is 28.2.